The second-order valence-corrected chi connectivity index (χ2v) is 6.17. The summed E-state index contributed by atoms with van der Waals surface area (Å²) in [5.41, 5.74) is 0.522. The molecule has 0 aliphatic carbocycles. The minimum atomic E-state index is -0.731. The highest BCUT2D eigenvalue weighted by Crippen LogP contribution is 2.29. The van der Waals surface area contributed by atoms with Gasteiger partial charge >= 0.3 is 5.97 Å². The summed E-state index contributed by atoms with van der Waals surface area (Å²) >= 11 is 0. The molecule has 0 aromatic carbocycles. The van der Waals surface area contributed by atoms with Gasteiger partial charge in [0.1, 0.15) is 0 Å². The molecule has 1 saturated heterocycles. The van der Waals surface area contributed by atoms with Crippen LogP contribution >= 0.6 is 0 Å². The Labute approximate surface area is 132 Å². The van der Waals surface area contributed by atoms with Crippen LogP contribution < -0.4 is 0 Å². The molecule has 0 bridgehead atoms. The number of hydrogen-bond acceptors (Lipinski definition) is 4. The minimum absolute atomic E-state index is 0.300. The maximum atomic E-state index is 11.1. The highest BCUT2D eigenvalue weighted by atomic mass is 16.6. The molecule has 0 N–H and O–H groups in total. The molecule has 0 saturated carbocycles. The second kappa shape index (κ2) is 7.42. The third kappa shape index (κ3) is 4.85. The van der Waals surface area contributed by atoms with Gasteiger partial charge in [0.2, 0.25) is 0 Å². The van der Waals surface area contributed by atoms with Gasteiger partial charge in [-0.1, -0.05) is 24.3 Å². The molecule has 1 aromatic rings. The molecule has 0 spiro atoms. The van der Waals surface area contributed by atoms with Gasteiger partial charge in [0.25, 0.3) is 0 Å². The van der Waals surface area contributed by atoms with E-state index in [0.717, 1.165) is 13.0 Å². The van der Waals surface area contributed by atoms with Crippen molar-refractivity contribution in [3.63, 3.8) is 0 Å². The van der Waals surface area contributed by atoms with Gasteiger partial charge in [-0.2, -0.15) is 0 Å². The van der Waals surface area contributed by atoms with Crippen molar-refractivity contribution in [2.75, 3.05) is 13.1 Å². The molecule has 1 fully saturated rings. The van der Waals surface area contributed by atoms with E-state index in [2.05, 4.69) is 27.8 Å². The first-order chi connectivity index (χ1) is 10.5. The number of piperidine rings is 1. The van der Waals surface area contributed by atoms with E-state index in [1.54, 1.807) is 6.20 Å². The van der Waals surface area contributed by atoms with Crippen LogP contribution in [0.2, 0.25) is 0 Å². The van der Waals surface area contributed by atoms with Crippen molar-refractivity contribution < 1.29 is 9.53 Å². The van der Waals surface area contributed by atoms with Crippen LogP contribution in [0.4, 0.5) is 0 Å². The van der Waals surface area contributed by atoms with E-state index in [0.29, 0.717) is 12.6 Å². The van der Waals surface area contributed by atoms with Crippen LogP contribution in [0.5, 0.6) is 0 Å². The number of carbonyl (C=O) groups excluding carboxylic acids is 1. The second-order valence-electron chi connectivity index (χ2n) is 6.17. The third-order valence-corrected chi connectivity index (χ3v) is 3.75. The average Bonchev–Trinajstić information content (AvgIpc) is 2.47. The zero-order chi connectivity index (χ0) is 16.0. The predicted octanol–water partition coefficient (Wildman–Crippen LogP) is 2.95. The Morgan fingerprint density at radius 2 is 2.32 bits per heavy atom. The monoisotopic (exact) mass is 300 g/mol. The van der Waals surface area contributed by atoms with Gasteiger partial charge in [0.05, 0.1) is 6.54 Å². The molecule has 1 aliphatic heterocycles. The first-order valence-corrected chi connectivity index (χ1v) is 7.81. The molecule has 0 amide bonds. The number of nitrogens with zero attached hydrogens (tertiary/aromatic N) is 2. The lowest BCUT2D eigenvalue weighted by molar-refractivity contribution is -0.148. The maximum absolute atomic E-state index is 11.1. The maximum Gasteiger partial charge on any atom is 0.304 e. The molecular formula is C18H24N2O2. The highest BCUT2D eigenvalue weighted by molar-refractivity contribution is 5.66. The van der Waals surface area contributed by atoms with Crippen LogP contribution in [0.15, 0.2) is 24.5 Å². The lowest BCUT2D eigenvalue weighted by atomic mass is 9.96. The van der Waals surface area contributed by atoms with E-state index in [4.69, 9.17) is 4.74 Å². The van der Waals surface area contributed by atoms with E-state index in [1.165, 1.54) is 25.3 Å². The molecule has 118 valence electrons. The van der Waals surface area contributed by atoms with Gasteiger partial charge in [-0.15, -0.1) is 0 Å². The highest BCUT2D eigenvalue weighted by Gasteiger charge is 2.23. The quantitative estimate of drug-likeness (QED) is 0.636. The molecule has 4 heteroatoms. The Hall–Kier alpha value is -1.86. The van der Waals surface area contributed by atoms with Crippen LogP contribution in [0.1, 0.15) is 51.6 Å². The summed E-state index contributed by atoms with van der Waals surface area (Å²) in [5.74, 6) is 5.94. The van der Waals surface area contributed by atoms with Gasteiger partial charge in [-0.05, 0) is 44.9 Å². The third-order valence-electron chi connectivity index (χ3n) is 3.75. The van der Waals surface area contributed by atoms with Crippen molar-refractivity contribution in [3.05, 3.63) is 30.1 Å². The Morgan fingerprint density at radius 3 is 3.00 bits per heavy atom. The molecular weight excluding hydrogens is 276 g/mol. The minimum Gasteiger partial charge on any atom is -0.447 e. The molecule has 2 rings (SSSR count). The summed E-state index contributed by atoms with van der Waals surface area (Å²) in [6.45, 7) is 6.77. The van der Waals surface area contributed by atoms with Crippen molar-refractivity contribution in [1.82, 2.24) is 9.88 Å². The van der Waals surface area contributed by atoms with Crippen LogP contribution in [0, 0.1) is 11.8 Å². The zero-order valence-corrected chi connectivity index (χ0v) is 13.6. The molecule has 1 aliphatic rings. The number of esters is 1. The standard InChI is InChI=1S/C18H24N2O2/c1-15(21)22-18(2,3)10-7-13-20-12-5-4-9-17(20)16-8-6-11-19-14-16/h6,8,11,14,17H,4-5,9,12-13H2,1-3H3. The normalized spacial score (nSPS) is 19.1. The summed E-state index contributed by atoms with van der Waals surface area (Å²) in [7, 11) is 0. The Balaban J connectivity index is 2.03. The molecule has 1 atom stereocenters. The lowest BCUT2D eigenvalue weighted by Gasteiger charge is -2.34. The van der Waals surface area contributed by atoms with Crippen molar-refractivity contribution in [2.24, 2.45) is 0 Å². The van der Waals surface area contributed by atoms with Gasteiger partial charge in [-0.3, -0.25) is 14.7 Å². The summed E-state index contributed by atoms with van der Waals surface area (Å²) in [4.78, 5) is 17.7. The molecule has 1 unspecified atom stereocenters. The van der Waals surface area contributed by atoms with E-state index < -0.39 is 5.60 Å². The van der Waals surface area contributed by atoms with Crippen LogP contribution in [-0.4, -0.2) is 34.5 Å². The van der Waals surface area contributed by atoms with Crippen molar-refractivity contribution in [2.45, 2.75) is 51.7 Å². The van der Waals surface area contributed by atoms with Gasteiger partial charge in [0, 0.05) is 25.4 Å². The van der Waals surface area contributed by atoms with E-state index in [1.807, 2.05) is 26.1 Å². The summed E-state index contributed by atoms with van der Waals surface area (Å²) in [6, 6.07) is 4.50. The van der Waals surface area contributed by atoms with E-state index in [9.17, 15) is 4.79 Å². The molecule has 22 heavy (non-hydrogen) atoms. The number of pyridine rings is 1. The number of ether oxygens (including phenoxy) is 1. The number of hydrogen-bond donors (Lipinski definition) is 0. The largest absolute Gasteiger partial charge is 0.447 e. The summed E-state index contributed by atoms with van der Waals surface area (Å²) < 4.78 is 5.20. The first-order valence-electron chi connectivity index (χ1n) is 7.81. The molecule has 4 nitrogen and oxygen atoms in total. The number of aromatic nitrogens is 1. The molecule has 2 heterocycles. The van der Waals surface area contributed by atoms with Crippen molar-refractivity contribution >= 4 is 5.97 Å². The van der Waals surface area contributed by atoms with E-state index in [-0.39, 0.29) is 5.97 Å². The Kier molecular flexibility index (Phi) is 5.57. The van der Waals surface area contributed by atoms with Crippen LogP contribution in [0.3, 0.4) is 0 Å². The average molecular weight is 300 g/mol. The van der Waals surface area contributed by atoms with Crippen molar-refractivity contribution in [3.8, 4) is 11.8 Å². The lowest BCUT2D eigenvalue weighted by Crippen LogP contribution is -2.34. The van der Waals surface area contributed by atoms with Crippen LogP contribution in [-0.2, 0) is 9.53 Å². The SMILES string of the molecule is CC(=O)OC(C)(C)C#CCN1CCCCC1c1cccnc1. The van der Waals surface area contributed by atoms with Gasteiger partial charge in [0.15, 0.2) is 5.60 Å². The first kappa shape index (κ1) is 16.5. The zero-order valence-electron chi connectivity index (χ0n) is 13.6. The number of carbonyl (C=O) groups is 1. The fourth-order valence-electron chi connectivity index (χ4n) is 2.87. The molecule has 1 aromatic heterocycles. The fraction of sp³-hybridized carbons (Fsp3) is 0.556. The molecule has 0 radical (unpaired) electrons. The predicted molar refractivity (Wildman–Crippen MR) is 86.0 cm³/mol. The van der Waals surface area contributed by atoms with Gasteiger partial charge in [-0.25, -0.2) is 0 Å². The Morgan fingerprint density at radius 1 is 1.50 bits per heavy atom. The number of rotatable bonds is 3. The Bertz CT molecular complexity index is 557. The fourth-order valence-corrected chi connectivity index (χ4v) is 2.87. The van der Waals surface area contributed by atoms with Crippen molar-refractivity contribution in [1.29, 1.82) is 0 Å². The van der Waals surface area contributed by atoms with Crippen LogP contribution in [0.25, 0.3) is 0 Å². The van der Waals surface area contributed by atoms with Gasteiger partial charge < -0.3 is 4.74 Å². The topological polar surface area (TPSA) is 42.4 Å². The summed E-state index contributed by atoms with van der Waals surface area (Å²) in [5, 5.41) is 0. The smallest absolute Gasteiger partial charge is 0.304 e. The summed E-state index contributed by atoms with van der Waals surface area (Å²) in [6.07, 6.45) is 7.33. The van der Waals surface area contributed by atoms with E-state index >= 15 is 0 Å². The number of likely N-dealkylation sites (tertiary alicyclic amines) is 1.